The Labute approximate surface area is 75.8 Å². The van der Waals surface area contributed by atoms with Gasteiger partial charge in [0.2, 0.25) is 0 Å². The largest absolute Gasteiger partial charge is 0.464 e. The molecule has 1 aromatic carbocycles. The number of fused-ring (bicyclic) bond motifs is 1. The van der Waals surface area contributed by atoms with E-state index in [9.17, 15) is 0 Å². The number of aliphatic hydroxyl groups is 1. The highest BCUT2D eigenvalue weighted by atomic mass is 16.3. The maximum absolute atomic E-state index is 9.00. The Morgan fingerprint density at radius 2 is 2.23 bits per heavy atom. The molecule has 2 aromatic rings. The minimum atomic E-state index is 0.00102. The van der Waals surface area contributed by atoms with Crippen molar-refractivity contribution in [3.63, 3.8) is 0 Å². The van der Waals surface area contributed by atoms with Gasteiger partial charge in [-0.3, -0.25) is 0 Å². The highest BCUT2D eigenvalue weighted by Crippen LogP contribution is 2.22. The van der Waals surface area contributed by atoms with Crippen LogP contribution in [0.2, 0.25) is 0 Å². The van der Waals surface area contributed by atoms with Crippen LogP contribution in [0.15, 0.2) is 28.9 Å². The second kappa shape index (κ2) is 3.20. The number of benzene rings is 1. The molecule has 13 heavy (non-hydrogen) atoms. The lowest BCUT2D eigenvalue weighted by Gasteiger charge is -1.96. The van der Waals surface area contributed by atoms with Crippen LogP contribution in [0.3, 0.4) is 0 Å². The molecular formula is C10H11NO2. The lowest BCUT2D eigenvalue weighted by atomic mass is 10.1. The molecule has 0 unspecified atom stereocenters. The third kappa shape index (κ3) is 1.32. The van der Waals surface area contributed by atoms with E-state index in [-0.39, 0.29) is 6.61 Å². The number of furan rings is 1. The fraction of sp³-hybridized carbons (Fsp3) is 0.200. The summed E-state index contributed by atoms with van der Waals surface area (Å²) < 4.78 is 5.24. The SMILES string of the molecule is NCc1ccc2occ(CO)c2c1. The Morgan fingerprint density at radius 3 is 2.92 bits per heavy atom. The summed E-state index contributed by atoms with van der Waals surface area (Å²) >= 11 is 0. The van der Waals surface area contributed by atoms with Crippen LogP contribution in [0.4, 0.5) is 0 Å². The molecule has 3 N–H and O–H groups in total. The van der Waals surface area contributed by atoms with Gasteiger partial charge in [0.25, 0.3) is 0 Å². The van der Waals surface area contributed by atoms with Gasteiger partial charge in [-0.05, 0) is 17.7 Å². The van der Waals surface area contributed by atoms with Gasteiger partial charge >= 0.3 is 0 Å². The van der Waals surface area contributed by atoms with E-state index in [0.29, 0.717) is 6.54 Å². The zero-order chi connectivity index (χ0) is 9.26. The molecule has 0 saturated heterocycles. The minimum absolute atomic E-state index is 0.00102. The molecule has 0 aliphatic rings. The van der Waals surface area contributed by atoms with Crippen LogP contribution in [0.25, 0.3) is 11.0 Å². The summed E-state index contributed by atoms with van der Waals surface area (Å²) in [6.45, 7) is 0.507. The van der Waals surface area contributed by atoms with E-state index in [0.717, 1.165) is 22.1 Å². The van der Waals surface area contributed by atoms with E-state index in [4.69, 9.17) is 15.3 Å². The van der Waals surface area contributed by atoms with Gasteiger partial charge in [0.05, 0.1) is 12.9 Å². The maximum Gasteiger partial charge on any atom is 0.134 e. The molecule has 0 aliphatic heterocycles. The van der Waals surface area contributed by atoms with Crippen molar-refractivity contribution < 1.29 is 9.52 Å². The Hall–Kier alpha value is -1.32. The van der Waals surface area contributed by atoms with Crippen LogP contribution in [0.1, 0.15) is 11.1 Å². The Balaban J connectivity index is 2.64. The smallest absolute Gasteiger partial charge is 0.134 e. The third-order valence-corrected chi connectivity index (χ3v) is 2.12. The topological polar surface area (TPSA) is 59.4 Å². The standard InChI is InChI=1S/C10H11NO2/c11-4-7-1-2-10-9(3-7)8(5-12)6-13-10/h1-3,6,12H,4-5,11H2. The van der Waals surface area contributed by atoms with Crippen molar-refractivity contribution in [2.45, 2.75) is 13.2 Å². The van der Waals surface area contributed by atoms with E-state index in [2.05, 4.69) is 0 Å². The number of nitrogens with two attached hydrogens (primary N) is 1. The van der Waals surface area contributed by atoms with Crippen molar-refractivity contribution in [3.05, 3.63) is 35.6 Å². The zero-order valence-electron chi connectivity index (χ0n) is 7.16. The lowest BCUT2D eigenvalue weighted by Crippen LogP contribution is -1.95. The van der Waals surface area contributed by atoms with Crippen LogP contribution in [0.5, 0.6) is 0 Å². The summed E-state index contributed by atoms with van der Waals surface area (Å²) in [4.78, 5) is 0. The van der Waals surface area contributed by atoms with Crippen LogP contribution in [-0.2, 0) is 13.2 Å². The first-order valence-electron chi connectivity index (χ1n) is 4.15. The van der Waals surface area contributed by atoms with Gasteiger partial charge in [-0.2, -0.15) is 0 Å². The predicted octanol–water partition coefficient (Wildman–Crippen LogP) is 1.38. The average molecular weight is 177 g/mol. The van der Waals surface area contributed by atoms with Crippen molar-refractivity contribution in [3.8, 4) is 0 Å². The molecular weight excluding hydrogens is 166 g/mol. The summed E-state index contributed by atoms with van der Waals surface area (Å²) in [5, 5.41) is 9.95. The highest BCUT2D eigenvalue weighted by Gasteiger charge is 2.04. The van der Waals surface area contributed by atoms with Crippen molar-refractivity contribution in [2.75, 3.05) is 0 Å². The highest BCUT2D eigenvalue weighted by molar-refractivity contribution is 5.81. The first-order chi connectivity index (χ1) is 6.35. The molecule has 3 nitrogen and oxygen atoms in total. The molecule has 0 atom stereocenters. The Bertz CT molecular complexity index is 420. The molecule has 68 valence electrons. The van der Waals surface area contributed by atoms with Crippen molar-refractivity contribution in [1.29, 1.82) is 0 Å². The van der Waals surface area contributed by atoms with E-state index in [1.165, 1.54) is 0 Å². The summed E-state index contributed by atoms with van der Waals surface area (Å²) in [5.41, 5.74) is 8.16. The second-order valence-corrected chi connectivity index (χ2v) is 2.95. The van der Waals surface area contributed by atoms with Gasteiger partial charge in [0.1, 0.15) is 5.58 Å². The maximum atomic E-state index is 9.00. The Morgan fingerprint density at radius 1 is 1.38 bits per heavy atom. The molecule has 0 aliphatic carbocycles. The molecule has 1 heterocycles. The lowest BCUT2D eigenvalue weighted by molar-refractivity contribution is 0.281. The summed E-state index contributed by atoms with van der Waals surface area (Å²) in [6, 6.07) is 5.74. The van der Waals surface area contributed by atoms with Gasteiger partial charge in [-0.1, -0.05) is 6.07 Å². The van der Waals surface area contributed by atoms with Crippen LogP contribution in [-0.4, -0.2) is 5.11 Å². The van der Waals surface area contributed by atoms with Crippen LogP contribution >= 0.6 is 0 Å². The van der Waals surface area contributed by atoms with Crippen LogP contribution < -0.4 is 5.73 Å². The van der Waals surface area contributed by atoms with Gasteiger partial charge in [0.15, 0.2) is 0 Å². The zero-order valence-corrected chi connectivity index (χ0v) is 7.16. The number of aliphatic hydroxyl groups excluding tert-OH is 1. The molecule has 1 aromatic heterocycles. The molecule has 3 heteroatoms. The van der Waals surface area contributed by atoms with E-state index >= 15 is 0 Å². The van der Waals surface area contributed by atoms with Crippen molar-refractivity contribution in [2.24, 2.45) is 5.73 Å². The van der Waals surface area contributed by atoms with E-state index in [1.807, 2.05) is 18.2 Å². The quantitative estimate of drug-likeness (QED) is 0.728. The van der Waals surface area contributed by atoms with Crippen molar-refractivity contribution >= 4 is 11.0 Å². The fourth-order valence-electron chi connectivity index (χ4n) is 1.38. The van der Waals surface area contributed by atoms with Crippen LogP contribution in [0, 0.1) is 0 Å². The molecule has 0 amide bonds. The van der Waals surface area contributed by atoms with E-state index < -0.39 is 0 Å². The predicted molar refractivity (Wildman–Crippen MR) is 50.0 cm³/mol. The summed E-state index contributed by atoms with van der Waals surface area (Å²) in [5.74, 6) is 0. The van der Waals surface area contributed by atoms with Crippen molar-refractivity contribution in [1.82, 2.24) is 0 Å². The molecule has 0 bridgehead atoms. The summed E-state index contributed by atoms with van der Waals surface area (Å²) in [7, 11) is 0. The molecule has 2 rings (SSSR count). The normalized spacial score (nSPS) is 10.9. The first kappa shape index (κ1) is 8.29. The fourth-order valence-corrected chi connectivity index (χ4v) is 1.38. The third-order valence-electron chi connectivity index (χ3n) is 2.12. The number of hydrogen-bond donors (Lipinski definition) is 2. The Kier molecular flexibility index (Phi) is 2.04. The second-order valence-electron chi connectivity index (χ2n) is 2.95. The average Bonchev–Trinajstić information content (AvgIpc) is 2.59. The van der Waals surface area contributed by atoms with Gasteiger partial charge in [-0.25, -0.2) is 0 Å². The number of hydrogen-bond acceptors (Lipinski definition) is 3. The molecule has 0 saturated carbocycles. The summed E-state index contributed by atoms with van der Waals surface area (Å²) in [6.07, 6.45) is 1.57. The molecule has 0 spiro atoms. The van der Waals surface area contributed by atoms with Gasteiger partial charge < -0.3 is 15.3 Å². The monoisotopic (exact) mass is 177 g/mol. The van der Waals surface area contributed by atoms with Gasteiger partial charge in [0, 0.05) is 17.5 Å². The van der Waals surface area contributed by atoms with E-state index in [1.54, 1.807) is 6.26 Å². The number of rotatable bonds is 2. The molecule has 0 radical (unpaired) electrons. The first-order valence-corrected chi connectivity index (χ1v) is 4.15. The van der Waals surface area contributed by atoms with Gasteiger partial charge in [-0.15, -0.1) is 0 Å². The molecule has 0 fully saturated rings. The minimum Gasteiger partial charge on any atom is -0.464 e.